The largest absolute Gasteiger partial charge is 0.362 e. The molecule has 2 rings (SSSR count). The maximum Gasteiger partial charge on any atom is 0.188 e. The summed E-state index contributed by atoms with van der Waals surface area (Å²) in [6, 6.07) is 9.79. The zero-order chi connectivity index (χ0) is 15.4. The van der Waals surface area contributed by atoms with Gasteiger partial charge in [-0.3, -0.25) is 4.79 Å². The van der Waals surface area contributed by atoms with E-state index in [0.717, 1.165) is 5.69 Å². The number of hydrogen-bond acceptors (Lipinski definition) is 2. The maximum atomic E-state index is 12.0. The van der Waals surface area contributed by atoms with Gasteiger partial charge in [-0.15, -0.1) is 0 Å². The van der Waals surface area contributed by atoms with Gasteiger partial charge in [0.1, 0.15) is 0 Å². The van der Waals surface area contributed by atoms with Gasteiger partial charge in [0, 0.05) is 28.5 Å². The van der Waals surface area contributed by atoms with E-state index >= 15 is 0 Å². The third-order valence-electron chi connectivity index (χ3n) is 2.60. The molecular formula is C15H9Cl4NO. The van der Waals surface area contributed by atoms with Gasteiger partial charge in [0.15, 0.2) is 5.78 Å². The lowest BCUT2D eigenvalue weighted by Crippen LogP contribution is -1.97. The average molecular weight is 361 g/mol. The molecule has 0 unspecified atom stereocenters. The molecule has 2 nitrogen and oxygen atoms in total. The first-order valence-electron chi connectivity index (χ1n) is 5.85. The van der Waals surface area contributed by atoms with Crippen LogP contribution < -0.4 is 5.32 Å². The van der Waals surface area contributed by atoms with Crippen LogP contribution >= 0.6 is 46.4 Å². The highest BCUT2D eigenvalue weighted by molar-refractivity contribution is 6.42. The standard InChI is InChI=1S/C15H9Cl4NO/c16-9-1-3-11(13(18)7-9)15(21)5-6-20-10-2-4-12(17)14(19)8-10/h1-8,20H/b6-5+. The van der Waals surface area contributed by atoms with Crippen LogP contribution in [-0.2, 0) is 0 Å². The van der Waals surface area contributed by atoms with Crippen molar-refractivity contribution in [1.82, 2.24) is 0 Å². The predicted octanol–water partition coefficient (Wildman–Crippen LogP) is 6.11. The van der Waals surface area contributed by atoms with Crippen molar-refractivity contribution in [2.75, 3.05) is 5.32 Å². The van der Waals surface area contributed by atoms with Crippen LogP contribution in [0.15, 0.2) is 48.7 Å². The zero-order valence-electron chi connectivity index (χ0n) is 10.5. The predicted molar refractivity (Wildman–Crippen MR) is 90.0 cm³/mol. The number of nitrogens with one attached hydrogen (secondary N) is 1. The normalized spacial score (nSPS) is 10.9. The van der Waals surface area contributed by atoms with Crippen LogP contribution in [0.3, 0.4) is 0 Å². The second-order valence-corrected chi connectivity index (χ2v) is 5.75. The lowest BCUT2D eigenvalue weighted by atomic mass is 10.1. The first-order valence-corrected chi connectivity index (χ1v) is 7.36. The van der Waals surface area contributed by atoms with E-state index in [1.165, 1.54) is 18.3 Å². The number of benzene rings is 2. The highest BCUT2D eigenvalue weighted by Gasteiger charge is 2.07. The molecule has 0 fully saturated rings. The van der Waals surface area contributed by atoms with Crippen LogP contribution in [0.1, 0.15) is 10.4 Å². The molecule has 0 heterocycles. The van der Waals surface area contributed by atoms with E-state index in [0.29, 0.717) is 25.7 Å². The number of ketones is 1. The number of carbonyl (C=O) groups is 1. The Morgan fingerprint density at radius 3 is 2.33 bits per heavy atom. The van der Waals surface area contributed by atoms with E-state index in [-0.39, 0.29) is 5.78 Å². The molecule has 2 aromatic rings. The van der Waals surface area contributed by atoms with E-state index in [4.69, 9.17) is 46.4 Å². The molecule has 1 N–H and O–H groups in total. The van der Waals surface area contributed by atoms with Gasteiger partial charge >= 0.3 is 0 Å². The first-order chi connectivity index (χ1) is 9.97. The monoisotopic (exact) mass is 359 g/mol. The smallest absolute Gasteiger partial charge is 0.188 e. The summed E-state index contributed by atoms with van der Waals surface area (Å²) in [5, 5.41) is 4.62. The minimum Gasteiger partial charge on any atom is -0.362 e. The Labute approximate surface area is 142 Å². The van der Waals surface area contributed by atoms with Crippen LogP contribution in [0.25, 0.3) is 0 Å². The fourth-order valence-corrected chi connectivity index (χ4v) is 2.38. The lowest BCUT2D eigenvalue weighted by molar-refractivity contribution is 0.104. The van der Waals surface area contributed by atoms with Crippen molar-refractivity contribution in [3.8, 4) is 0 Å². The molecule has 6 heteroatoms. The lowest BCUT2D eigenvalue weighted by Gasteiger charge is -2.03. The van der Waals surface area contributed by atoms with Crippen molar-refractivity contribution >= 4 is 57.9 Å². The Balaban J connectivity index is 2.06. The molecule has 0 aromatic heterocycles. The molecular weight excluding hydrogens is 352 g/mol. The molecule has 0 spiro atoms. The van der Waals surface area contributed by atoms with Crippen LogP contribution in [0.2, 0.25) is 20.1 Å². The second kappa shape index (κ2) is 7.19. The van der Waals surface area contributed by atoms with Crippen molar-refractivity contribution in [2.24, 2.45) is 0 Å². The summed E-state index contributed by atoms with van der Waals surface area (Å²) in [5.41, 5.74) is 1.10. The fourth-order valence-electron chi connectivity index (χ4n) is 1.58. The van der Waals surface area contributed by atoms with Gasteiger partial charge in [0.25, 0.3) is 0 Å². The molecule has 21 heavy (non-hydrogen) atoms. The third kappa shape index (κ3) is 4.39. The molecule has 108 valence electrons. The van der Waals surface area contributed by atoms with Gasteiger partial charge in [-0.25, -0.2) is 0 Å². The molecule has 0 amide bonds. The minimum atomic E-state index is -0.232. The molecule has 0 radical (unpaired) electrons. The van der Waals surface area contributed by atoms with Gasteiger partial charge in [-0.2, -0.15) is 0 Å². The number of halogens is 4. The van der Waals surface area contributed by atoms with E-state index in [9.17, 15) is 4.79 Å². The summed E-state index contributed by atoms with van der Waals surface area (Å²) in [7, 11) is 0. The van der Waals surface area contributed by atoms with Gasteiger partial charge in [0.05, 0.1) is 15.1 Å². The van der Waals surface area contributed by atoms with Gasteiger partial charge in [-0.05, 0) is 36.4 Å². The highest BCUT2D eigenvalue weighted by atomic mass is 35.5. The Morgan fingerprint density at radius 1 is 0.905 bits per heavy atom. The van der Waals surface area contributed by atoms with Crippen molar-refractivity contribution in [1.29, 1.82) is 0 Å². The Bertz CT molecular complexity index is 713. The number of rotatable bonds is 4. The van der Waals surface area contributed by atoms with E-state index in [1.54, 1.807) is 30.3 Å². The Morgan fingerprint density at radius 2 is 1.67 bits per heavy atom. The van der Waals surface area contributed by atoms with Crippen molar-refractivity contribution in [3.63, 3.8) is 0 Å². The zero-order valence-corrected chi connectivity index (χ0v) is 13.6. The second-order valence-electron chi connectivity index (χ2n) is 4.09. The summed E-state index contributed by atoms with van der Waals surface area (Å²) in [6.07, 6.45) is 2.88. The van der Waals surface area contributed by atoms with Crippen molar-refractivity contribution in [3.05, 3.63) is 74.3 Å². The van der Waals surface area contributed by atoms with E-state index < -0.39 is 0 Å². The highest BCUT2D eigenvalue weighted by Crippen LogP contribution is 2.25. The van der Waals surface area contributed by atoms with Gasteiger partial charge in [-0.1, -0.05) is 46.4 Å². The first kappa shape index (κ1) is 16.2. The molecule has 0 aliphatic carbocycles. The maximum absolute atomic E-state index is 12.0. The fraction of sp³-hybridized carbons (Fsp3) is 0. The van der Waals surface area contributed by atoms with E-state index in [1.807, 2.05) is 0 Å². The number of hydrogen-bond donors (Lipinski definition) is 1. The molecule has 0 aliphatic rings. The molecule has 0 atom stereocenters. The SMILES string of the molecule is O=C(/C=C/Nc1ccc(Cl)c(Cl)c1)c1ccc(Cl)cc1Cl. The molecule has 0 bridgehead atoms. The minimum absolute atomic E-state index is 0.232. The van der Waals surface area contributed by atoms with Crippen LogP contribution in [0.5, 0.6) is 0 Å². The van der Waals surface area contributed by atoms with Gasteiger partial charge < -0.3 is 5.32 Å². The molecule has 0 saturated carbocycles. The number of anilines is 1. The Hall–Kier alpha value is -1.19. The summed E-state index contributed by atoms with van der Waals surface area (Å²) in [4.78, 5) is 12.0. The Kier molecular flexibility index (Phi) is 5.54. The topological polar surface area (TPSA) is 29.1 Å². The third-order valence-corrected chi connectivity index (χ3v) is 3.89. The molecule has 0 saturated heterocycles. The van der Waals surface area contributed by atoms with Crippen LogP contribution in [0.4, 0.5) is 5.69 Å². The van der Waals surface area contributed by atoms with Crippen molar-refractivity contribution in [2.45, 2.75) is 0 Å². The van der Waals surface area contributed by atoms with Gasteiger partial charge in [0.2, 0.25) is 0 Å². The molecule has 0 aliphatic heterocycles. The quantitative estimate of drug-likeness (QED) is 0.526. The summed E-state index contributed by atoms with van der Waals surface area (Å²) in [5.74, 6) is -0.232. The summed E-state index contributed by atoms with van der Waals surface area (Å²) < 4.78 is 0. The average Bonchev–Trinajstić information content (AvgIpc) is 2.42. The number of carbonyl (C=O) groups excluding carboxylic acids is 1. The van der Waals surface area contributed by atoms with Crippen molar-refractivity contribution < 1.29 is 4.79 Å². The van der Waals surface area contributed by atoms with E-state index in [2.05, 4.69) is 5.32 Å². The summed E-state index contributed by atoms with van der Waals surface area (Å²) in [6.45, 7) is 0. The van der Waals surface area contributed by atoms with Crippen LogP contribution in [0, 0.1) is 0 Å². The number of allylic oxidation sites excluding steroid dienone is 1. The molecule has 2 aromatic carbocycles. The summed E-state index contributed by atoms with van der Waals surface area (Å²) >= 11 is 23.5. The van der Waals surface area contributed by atoms with Crippen LogP contribution in [-0.4, -0.2) is 5.78 Å².